The molecule has 5 nitrogen and oxygen atoms in total. The molecule has 2 heterocycles. The highest BCUT2D eigenvalue weighted by Crippen LogP contribution is 2.29. The van der Waals surface area contributed by atoms with Crippen LogP contribution in [0.2, 0.25) is 0 Å². The van der Waals surface area contributed by atoms with Gasteiger partial charge in [-0.3, -0.25) is 9.69 Å². The van der Waals surface area contributed by atoms with Crippen molar-refractivity contribution in [1.82, 2.24) is 9.47 Å². The number of benzene rings is 2. The van der Waals surface area contributed by atoms with Gasteiger partial charge in [0.2, 0.25) is 5.91 Å². The van der Waals surface area contributed by atoms with E-state index in [-0.39, 0.29) is 5.91 Å². The van der Waals surface area contributed by atoms with Crippen LogP contribution in [-0.2, 0) is 24.0 Å². The number of rotatable bonds is 8. The Balaban J connectivity index is 1.51. The van der Waals surface area contributed by atoms with Crippen LogP contribution < -0.4 is 11.1 Å². The van der Waals surface area contributed by atoms with Gasteiger partial charge in [0.15, 0.2) is 0 Å². The summed E-state index contributed by atoms with van der Waals surface area (Å²) in [6.45, 7) is 3.11. The van der Waals surface area contributed by atoms with Crippen LogP contribution in [0.25, 0.3) is 10.9 Å². The van der Waals surface area contributed by atoms with Crippen LogP contribution in [-0.4, -0.2) is 34.5 Å². The molecule has 1 fully saturated rings. The summed E-state index contributed by atoms with van der Waals surface area (Å²) in [5, 5.41) is 4.04. The third-order valence-corrected chi connectivity index (χ3v) is 6.15. The molecular formula is C23H28FN4OP. The van der Waals surface area contributed by atoms with Crippen molar-refractivity contribution in [2.24, 2.45) is 5.73 Å². The molecule has 0 spiro atoms. The molecular weight excluding hydrogens is 398 g/mol. The number of carbonyl (C=O) groups is 1. The molecule has 2 atom stereocenters. The Hall–Kier alpha value is -2.27. The predicted octanol–water partition coefficient (Wildman–Crippen LogP) is 4.27. The van der Waals surface area contributed by atoms with E-state index in [9.17, 15) is 8.99 Å². The van der Waals surface area contributed by atoms with Crippen molar-refractivity contribution < 1.29 is 8.99 Å². The number of hydrogen-bond acceptors (Lipinski definition) is 3. The summed E-state index contributed by atoms with van der Waals surface area (Å²) in [7, 11) is -0.665. The Bertz CT molecular complexity index is 1000. The van der Waals surface area contributed by atoms with Crippen molar-refractivity contribution >= 4 is 31.4 Å². The van der Waals surface area contributed by atoms with Crippen LogP contribution in [0.4, 0.5) is 9.88 Å². The number of halogens is 1. The molecule has 2 aromatic carbocycles. The fourth-order valence-corrected chi connectivity index (χ4v) is 4.53. The fourth-order valence-electron chi connectivity index (χ4n) is 4.14. The number of nitrogens with two attached hydrogens (primary N) is 1. The van der Waals surface area contributed by atoms with Gasteiger partial charge in [0.1, 0.15) is 0 Å². The van der Waals surface area contributed by atoms with Crippen molar-refractivity contribution in [3.8, 4) is 0 Å². The van der Waals surface area contributed by atoms with Gasteiger partial charge in [-0.2, -0.15) is 0 Å². The molecule has 1 aliphatic rings. The van der Waals surface area contributed by atoms with E-state index in [1.165, 1.54) is 18.4 Å². The second-order valence-electron chi connectivity index (χ2n) is 7.92. The van der Waals surface area contributed by atoms with Crippen LogP contribution in [0.15, 0.2) is 54.7 Å². The first-order valence-electron chi connectivity index (χ1n) is 10.4. The van der Waals surface area contributed by atoms with Gasteiger partial charge >= 0.3 is 0 Å². The Morgan fingerprint density at radius 1 is 1.17 bits per heavy atom. The van der Waals surface area contributed by atoms with E-state index in [0.29, 0.717) is 18.4 Å². The normalized spacial score (nSPS) is 15.9. The van der Waals surface area contributed by atoms with Gasteiger partial charge in [-0.1, -0.05) is 36.4 Å². The molecule has 0 aliphatic carbocycles. The minimum Gasteiger partial charge on any atom is -0.340 e. The molecule has 0 saturated carbocycles. The lowest BCUT2D eigenvalue weighted by Gasteiger charge is -2.14. The number of anilines is 1. The van der Waals surface area contributed by atoms with E-state index in [2.05, 4.69) is 16.4 Å². The van der Waals surface area contributed by atoms with Gasteiger partial charge in [0.25, 0.3) is 0 Å². The van der Waals surface area contributed by atoms with Gasteiger partial charge in [-0.15, -0.1) is 0 Å². The second-order valence-corrected chi connectivity index (χ2v) is 8.50. The molecule has 0 radical (unpaired) electrons. The number of nitrogens with zero attached hydrogens (tertiary/aromatic N) is 2. The van der Waals surface area contributed by atoms with Gasteiger partial charge in [0, 0.05) is 23.8 Å². The third-order valence-electron chi connectivity index (χ3n) is 5.69. The van der Waals surface area contributed by atoms with E-state index in [4.69, 9.17) is 5.73 Å². The van der Waals surface area contributed by atoms with E-state index < -0.39 is 14.9 Å². The first-order chi connectivity index (χ1) is 14.6. The smallest absolute Gasteiger partial charge is 0.241 e. The summed E-state index contributed by atoms with van der Waals surface area (Å²) in [6.07, 6.45) is 5.35. The summed E-state index contributed by atoms with van der Waals surface area (Å²) in [4.78, 5) is 15.0. The Labute approximate surface area is 178 Å². The number of carbonyl (C=O) groups excluding carboxylic acids is 1. The van der Waals surface area contributed by atoms with Gasteiger partial charge in [-0.25, -0.2) is 4.20 Å². The molecule has 30 heavy (non-hydrogen) atoms. The zero-order valence-corrected chi connectivity index (χ0v) is 18.0. The Morgan fingerprint density at radius 2 is 1.93 bits per heavy atom. The maximum absolute atomic E-state index is 13.2. The maximum Gasteiger partial charge on any atom is 0.241 e. The molecule has 1 aromatic heterocycles. The van der Waals surface area contributed by atoms with Crippen LogP contribution in [0.1, 0.15) is 24.0 Å². The summed E-state index contributed by atoms with van der Waals surface area (Å²) in [5.41, 5.74) is 9.98. The highest BCUT2D eigenvalue weighted by molar-refractivity contribution is 7.30. The van der Waals surface area contributed by atoms with Crippen molar-refractivity contribution in [2.75, 3.05) is 18.4 Å². The monoisotopic (exact) mass is 426 g/mol. The molecule has 1 aliphatic heterocycles. The highest BCUT2D eigenvalue weighted by Gasteiger charge is 2.18. The Kier molecular flexibility index (Phi) is 6.78. The minimum atomic E-state index is -0.665. The third kappa shape index (κ3) is 4.89. The summed E-state index contributed by atoms with van der Waals surface area (Å²) in [6, 6.07) is 15.0. The number of aromatic nitrogens is 1. The van der Waals surface area contributed by atoms with Crippen LogP contribution in [0, 0.1) is 0 Å². The number of nitrogens with one attached hydrogen (secondary N) is 1. The van der Waals surface area contributed by atoms with Crippen molar-refractivity contribution in [3.05, 3.63) is 65.9 Å². The fraction of sp³-hybridized carbons (Fsp3) is 0.348. The summed E-state index contributed by atoms with van der Waals surface area (Å²) in [5.74, 6) is -0.221. The number of hydrogen-bond donors (Lipinski definition) is 2. The molecule has 3 aromatic rings. The van der Waals surface area contributed by atoms with E-state index in [1.54, 1.807) is 0 Å². The molecule has 7 heteroatoms. The first kappa shape index (κ1) is 21.0. The predicted molar refractivity (Wildman–Crippen MR) is 123 cm³/mol. The van der Waals surface area contributed by atoms with Gasteiger partial charge in [0.05, 0.1) is 26.7 Å². The lowest BCUT2D eigenvalue weighted by atomic mass is 10.1. The average Bonchev–Trinajstić information content (AvgIpc) is 3.38. The standard InChI is InChI=1S/C23H28FN4OP/c24-30-16-28-15-18(14-27-10-4-5-11-27)20-9-8-19(13-22(20)28)26-23(29)21(25)12-17-6-2-1-3-7-17/h1-3,6-9,13,15,21,30H,4-5,10-12,14,16,25H2,(H,26,29)/t21-/m0/s1. The van der Waals surface area contributed by atoms with E-state index in [1.807, 2.05) is 53.1 Å². The lowest BCUT2D eigenvalue weighted by Crippen LogP contribution is -2.37. The topological polar surface area (TPSA) is 63.3 Å². The van der Waals surface area contributed by atoms with Gasteiger partial charge < -0.3 is 15.6 Å². The first-order valence-corrected chi connectivity index (χ1v) is 11.5. The SMILES string of the molecule is N[C@@H](Cc1ccccc1)C(=O)Nc1ccc2c(CN3CCCC3)cn(CPF)c2c1. The summed E-state index contributed by atoms with van der Waals surface area (Å²) >= 11 is 0. The number of amides is 1. The van der Waals surface area contributed by atoms with E-state index in [0.717, 1.165) is 36.1 Å². The Morgan fingerprint density at radius 3 is 2.67 bits per heavy atom. The number of likely N-dealkylation sites (tertiary alicyclic amines) is 1. The number of fused-ring (bicyclic) bond motifs is 1. The largest absolute Gasteiger partial charge is 0.340 e. The summed E-state index contributed by atoms with van der Waals surface area (Å²) < 4.78 is 15.1. The zero-order valence-electron chi connectivity index (χ0n) is 17.0. The quantitative estimate of drug-likeness (QED) is 0.529. The molecule has 0 bridgehead atoms. The molecule has 158 valence electrons. The molecule has 3 N–H and O–H groups in total. The lowest BCUT2D eigenvalue weighted by molar-refractivity contribution is -0.117. The molecule has 4 rings (SSSR count). The second kappa shape index (κ2) is 9.69. The molecule has 1 unspecified atom stereocenters. The van der Waals surface area contributed by atoms with E-state index >= 15 is 0 Å². The van der Waals surface area contributed by atoms with Gasteiger partial charge in [-0.05, 0) is 55.6 Å². The highest BCUT2D eigenvalue weighted by atomic mass is 31.1. The van der Waals surface area contributed by atoms with Crippen molar-refractivity contribution in [2.45, 2.75) is 38.1 Å². The molecule has 1 saturated heterocycles. The van der Waals surface area contributed by atoms with Crippen molar-refractivity contribution in [1.29, 1.82) is 0 Å². The minimum absolute atomic E-state index is 0.221. The van der Waals surface area contributed by atoms with Crippen LogP contribution in [0.5, 0.6) is 0 Å². The zero-order chi connectivity index (χ0) is 20.9. The molecule has 1 amide bonds. The van der Waals surface area contributed by atoms with Crippen LogP contribution >= 0.6 is 8.89 Å². The van der Waals surface area contributed by atoms with Crippen LogP contribution in [0.3, 0.4) is 0 Å². The average molecular weight is 426 g/mol. The van der Waals surface area contributed by atoms with Crippen molar-refractivity contribution in [3.63, 3.8) is 0 Å². The maximum atomic E-state index is 13.2.